The first kappa shape index (κ1) is 37.7. The predicted octanol–water partition coefficient (Wildman–Crippen LogP) is 10.9. The number of hydrogen-bond acceptors (Lipinski definition) is 3. The van der Waals surface area contributed by atoms with E-state index in [0.717, 1.165) is 70.2 Å². The zero-order valence-corrected chi connectivity index (χ0v) is 31.9. The SMILES string of the molecule is Fc1ccc(C2(c3ccccc3)C=Cc3c(-c4ccccc4)n[nH]c3C2)cc1F.O=C(Nc1n[nH]c2c1C=CC(c1ccccc1)(c1ccc(F)c(F)c1)C2)C1CCC1. The lowest BCUT2D eigenvalue weighted by Crippen LogP contribution is -2.31. The van der Waals surface area contributed by atoms with Crippen LogP contribution in [-0.2, 0) is 28.5 Å². The lowest BCUT2D eigenvalue weighted by atomic mass is 9.68. The summed E-state index contributed by atoms with van der Waals surface area (Å²) >= 11 is 0. The van der Waals surface area contributed by atoms with Gasteiger partial charge in [-0.3, -0.25) is 15.0 Å². The topological polar surface area (TPSA) is 86.5 Å². The van der Waals surface area contributed by atoms with Gasteiger partial charge in [-0.2, -0.15) is 10.2 Å². The molecule has 0 radical (unpaired) electrons. The van der Waals surface area contributed by atoms with Crippen LogP contribution in [0, 0.1) is 29.2 Å². The highest BCUT2D eigenvalue weighted by Crippen LogP contribution is 2.45. The summed E-state index contributed by atoms with van der Waals surface area (Å²) in [5.41, 5.74) is 7.67. The van der Waals surface area contributed by atoms with Crippen LogP contribution < -0.4 is 5.32 Å². The molecule has 0 saturated heterocycles. The fourth-order valence-electron chi connectivity index (χ4n) is 8.47. The molecule has 3 aliphatic carbocycles. The van der Waals surface area contributed by atoms with Gasteiger partial charge in [0.1, 0.15) is 0 Å². The minimum Gasteiger partial charge on any atom is -0.308 e. The molecule has 2 unspecified atom stereocenters. The van der Waals surface area contributed by atoms with Crippen LogP contribution in [0.5, 0.6) is 0 Å². The average Bonchev–Trinajstić information content (AvgIpc) is 3.86. The van der Waals surface area contributed by atoms with Gasteiger partial charge >= 0.3 is 0 Å². The van der Waals surface area contributed by atoms with E-state index in [0.29, 0.717) is 29.8 Å². The number of halogens is 4. The number of nitrogens with zero attached hydrogens (tertiary/aromatic N) is 2. The molecule has 2 heterocycles. The van der Waals surface area contributed by atoms with E-state index in [4.69, 9.17) is 0 Å². The van der Waals surface area contributed by atoms with Gasteiger partial charge in [-0.1, -0.05) is 134 Å². The van der Waals surface area contributed by atoms with Gasteiger partial charge < -0.3 is 5.32 Å². The number of nitrogens with one attached hydrogen (secondary N) is 3. The van der Waals surface area contributed by atoms with E-state index in [2.05, 4.69) is 31.8 Å². The van der Waals surface area contributed by atoms with Crippen LogP contribution in [0.1, 0.15) is 64.0 Å². The number of rotatable bonds is 7. The Morgan fingerprint density at radius 1 is 0.576 bits per heavy atom. The van der Waals surface area contributed by atoms with Crippen molar-refractivity contribution < 1.29 is 22.4 Å². The third-order valence-electron chi connectivity index (χ3n) is 12.0. The average molecular weight is 790 g/mol. The molecule has 294 valence electrons. The van der Waals surface area contributed by atoms with Gasteiger partial charge in [0.2, 0.25) is 5.91 Å². The number of H-pyrrole nitrogens is 2. The molecule has 3 N–H and O–H groups in total. The highest BCUT2D eigenvalue weighted by Gasteiger charge is 2.39. The molecule has 59 heavy (non-hydrogen) atoms. The number of carbonyl (C=O) groups excluding carboxylic acids is 1. The third-order valence-corrected chi connectivity index (χ3v) is 12.0. The van der Waals surface area contributed by atoms with Crippen LogP contribution in [0.2, 0.25) is 0 Å². The number of anilines is 1. The maximum absolute atomic E-state index is 14.1. The van der Waals surface area contributed by atoms with Crippen molar-refractivity contribution in [2.45, 2.75) is 42.9 Å². The van der Waals surface area contributed by atoms with Crippen molar-refractivity contribution >= 4 is 23.9 Å². The van der Waals surface area contributed by atoms with Crippen molar-refractivity contribution in [1.29, 1.82) is 0 Å². The van der Waals surface area contributed by atoms with Crippen molar-refractivity contribution in [2.24, 2.45) is 5.92 Å². The molecule has 10 rings (SSSR count). The molecule has 1 amide bonds. The van der Waals surface area contributed by atoms with Crippen LogP contribution >= 0.6 is 0 Å². The summed E-state index contributed by atoms with van der Waals surface area (Å²) in [7, 11) is 0. The molecule has 2 atom stereocenters. The van der Waals surface area contributed by atoms with Crippen LogP contribution in [0.4, 0.5) is 23.4 Å². The number of amides is 1. The van der Waals surface area contributed by atoms with Gasteiger partial charge in [0.25, 0.3) is 0 Å². The Balaban J connectivity index is 0.000000152. The number of benzene rings is 5. The first-order valence-corrected chi connectivity index (χ1v) is 19.7. The zero-order chi connectivity index (χ0) is 40.6. The Hall–Kier alpha value is -6.81. The Labute approximate surface area is 338 Å². The van der Waals surface area contributed by atoms with Crippen LogP contribution in [0.3, 0.4) is 0 Å². The number of allylic oxidation sites excluding steroid dienone is 2. The summed E-state index contributed by atoms with van der Waals surface area (Å²) in [5, 5.41) is 18.0. The minimum atomic E-state index is -0.875. The van der Waals surface area contributed by atoms with Crippen LogP contribution in [-0.4, -0.2) is 26.3 Å². The van der Waals surface area contributed by atoms with E-state index >= 15 is 0 Å². The quantitative estimate of drug-likeness (QED) is 0.141. The summed E-state index contributed by atoms with van der Waals surface area (Å²) < 4.78 is 55.5. The summed E-state index contributed by atoms with van der Waals surface area (Å²) in [6.07, 6.45) is 12.0. The normalized spacial score (nSPS) is 19.2. The van der Waals surface area contributed by atoms with Gasteiger partial charge in [-0.25, -0.2) is 17.6 Å². The van der Waals surface area contributed by atoms with Gasteiger partial charge in [0.15, 0.2) is 29.1 Å². The molecule has 6 nitrogen and oxygen atoms in total. The van der Waals surface area contributed by atoms with Gasteiger partial charge in [-0.15, -0.1) is 0 Å². The highest BCUT2D eigenvalue weighted by atomic mass is 19.2. The van der Waals surface area contributed by atoms with Gasteiger partial charge in [-0.05, 0) is 59.4 Å². The Morgan fingerprint density at radius 2 is 1.07 bits per heavy atom. The molecule has 0 spiro atoms. The van der Waals surface area contributed by atoms with Crippen LogP contribution in [0.15, 0.2) is 140 Å². The van der Waals surface area contributed by atoms with Crippen LogP contribution in [0.25, 0.3) is 23.4 Å². The van der Waals surface area contributed by atoms with E-state index in [9.17, 15) is 22.4 Å². The molecule has 1 fully saturated rings. The first-order chi connectivity index (χ1) is 28.7. The van der Waals surface area contributed by atoms with Gasteiger partial charge in [0.05, 0.1) is 5.69 Å². The fraction of sp³-hybridized carbons (Fsp3) is 0.163. The number of aromatic nitrogens is 4. The molecule has 0 aliphatic heterocycles. The second-order valence-electron chi connectivity index (χ2n) is 15.4. The number of carbonyl (C=O) groups is 1. The van der Waals surface area contributed by atoms with E-state index in [-0.39, 0.29) is 11.8 Å². The molecule has 0 bridgehead atoms. The molecule has 3 aliphatic rings. The largest absolute Gasteiger partial charge is 0.308 e. The number of fused-ring (bicyclic) bond motifs is 2. The van der Waals surface area contributed by atoms with Crippen molar-refractivity contribution in [3.05, 3.63) is 208 Å². The molecule has 10 heteroatoms. The Bertz CT molecular complexity index is 2710. The molecular weight excluding hydrogens is 751 g/mol. The molecule has 1 saturated carbocycles. The highest BCUT2D eigenvalue weighted by molar-refractivity contribution is 5.94. The lowest BCUT2D eigenvalue weighted by molar-refractivity contribution is -0.122. The zero-order valence-electron chi connectivity index (χ0n) is 31.9. The summed E-state index contributed by atoms with van der Waals surface area (Å²) in [6.45, 7) is 0. The molecule has 2 aromatic heterocycles. The maximum Gasteiger partial charge on any atom is 0.228 e. The van der Waals surface area contributed by atoms with Crippen molar-refractivity contribution in [3.63, 3.8) is 0 Å². The smallest absolute Gasteiger partial charge is 0.228 e. The molecule has 7 aromatic rings. The number of hydrogen-bond donors (Lipinski definition) is 3. The van der Waals surface area contributed by atoms with Crippen molar-refractivity contribution in [2.75, 3.05) is 5.32 Å². The minimum absolute atomic E-state index is 0.00412. The first-order valence-electron chi connectivity index (χ1n) is 19.7. The monoisotopic (exact) mass is 789 g/mol. The standard InChI is InChI=1S/C25H18F2N2.C24H21F2N3O/c26-21-12-11-19(15-22(21)27)25(18-9-5-2-6-10-18)14-13-20-23(16-25)28-29-24(20)17-7-3-1-4-8-17;25-19-10-9-17(13-20(19)26)24(16-7-2-1-3-8-16)12-11-18-21(14-24)28-29-22(18)27-23(30)15-5-4-6-15/h1-15H,16H2,(H,28,29);1-3,7-13,15H,4-6,14H2,(H2,27,28,29,30). The fourth-order valence-corrected chi connectivity index (χ4v) is 8.47. The third kappa shape index (κ3) is 6.98. The van der Waals surface area contributed by atoms with Gasteiger partial charge in [0, 0.05) is 57.7 Å². The lowest BCUT2D eigenvalue weighted by Gasteiger charge is -2.34. The Morgan fingerprint density at radius 3 is 1.58 bits per heavy atom. The van der Waals surface area contributed by atoms with E-state index in [1.54, 1.807) is 12.1 Å². The molecule has 5 aromatic carbocycles. The van der Waals surface area contributed by atoms with E-state index in [1.807, 2.05) is 109 Å². The number of aromatic amines is 2. The van der Waals surface area contributed by atoms with Crippen molar-refractivity contribution in [3.8, 4) is 11.3 Å². The Kier molecular flexibility index (Phi) is 9.92. The maximum atomic E-state index is 14.1. The second-order valence-corrected chi connectivity index (χ2v) is 15.4. The summed E-state index contributed by atoms with van der Waals surface area (Å²) in [4.78, 5) is 12.4. The van der Waals surface area contributed by atoms with E-state index < -0.39 is 34.1 Å². The molecular formula is C49H39F4N5O. The predicted molar refractivity (Wildman–Crippen MR) is 221 cm³/mol. The van der Waals surface area contributed by atoms with Crippen molar-refractivity contribution in [1.82, 2.24) is 20.4 Å². The second kappa shape index (κ2) is 15.5. The summed E-state index contributed by atoms with van der Waals surface area (Å²) in [6, 6.07) is 37.8. The van der Waals surface area contributed by atoms with E-state index in [1.165, 1.54) is 18.2 Å². The summed E-state index contributed by atoms with van der Waals surface area (Å²) in [5.74, 6) is -2.84.